The summed E-state index contributed by atoms with van der Waals surface area (Å²) in [6.07, 6.45) is 1.75. The van der Waals surface area contributed by atoms with Gasteiger partial charge in [-0.05, 0) is 11.3 Å². The second-order valence-corrected chi connectivity index (χ2v) is 3.35. The monoisotopic (exact) mass is 111 g/mol. The van der Waals surface area contributed by atoms with Gasteiger partial charge >= 0.3 is 0 Å². The highest BCUT2D eigenvalue weighted by atomic mass is 14.2. The summed E-state index contributed by atoms with van der Waals surface area (Å²) in [7, 11) is 0. The molecule has 1 unspecified atom stereocenters. The van der Waals surface area contributed by atoms with Crippen LogP contribution in [-0.2, 0) is 0 Å². The second kappa shape index (κ2) is 2.34. The van der Waals surface area contributed by atoms with Crippen molar-refractivity contribution in [3.05, 3.63) is 12.7 Å². The van der Waals surface area contributed by atoms with Crippen molar-refractivity contribution in [1.29, 1.82) is 0 Å². The minimum Gasteiger partial charge on any atom is -0.0812 e. The highest BCUT2D eigenvalue weighted by Gasteiger charge is 2.15. The maximum atomic E-state index is 5.33. The van der Waals surface area contributed by atoms with E-state index in [4.69, 9.17) is 6.58 Å². The summed E-state index contributed by atoms with van der Waals surface area (Å²) in [5.74, 6) is 0.502. The van der Waals surface area contributed by atoms with Crippen LogP contribution >= 0.6 is 0 Å². The molecule has 0 spiro atoms. The Labute approximate surface area is 52.6 Å². The predicted octanol–water partition coefficient (Wildman–Crippen LogP) is 2.66. The molecule has 8 heavy (non-hydrogen) atoms. The van der Waals surface area contributed by atoms with Crippen molar-refractivity contribution in [3.8, 4) is 0 Å². The Morgan fingerprint density at radius 1 is 1.38 bits per heavy atom. The van der Waals surface area contributed by atoms with Crippen LogP contribution in [-0.4, -0.2) is 0 Å². The molecule has 1 atom stereocenters. The lowest BCUT2D eigenvalue weighted by Gasteiger charge is -2.23. The summed E-state index contributed by atoms with van der Waals surface area (Å²) in [4.78, 5) is 0. The smallest absolute Gasteiger partial charge is 0.0210 e. The zero-order valence-corrected chi connectivity index (χ0v) is 6.23. The highest BCUT2D eigenvalue weighted by Crippen LogP contribution is 2.25. The molecule has 0 heteroatoms. The maximum Gasteiger partial charge on any atom is -0.0210 e. The van der Waals surface area contributed by atoms with Gasteiger partial charge in [-0.25, -0.2) is 0 Å². The zero-order chi connectivity index (χ0) is 6.78. The quantitative estimate of drug-likeness (QED) is 0.488. The molecule has 0 aliphatic heterocycles. The van der Waals surface area contributed by atoms with E-state index in [-0.39, 0.29) is 0 Å². The molecule has 0 amide bonds. The van der Waals surface area contributed by atoms with Crippen molar-refractivity contribution >= 4 is 0 Å². The molecule has 0 aliphatic carbocycles. The molecule has 0 bridgehead atoms. The van der Waals surface area contributed by atoms with E-state index >= 15 is 0 Å². The molecule has 0 N–H and O–H groups in total. The van der Waals surface area contributed by atoms with Gasteiger partial charge in [0.1, 0.15) is 0 Å². The van der Waals surface area contributed by atoms with Gasteiger partial charge < -0.3 is 0 Å². The van der Waals surface area contributed by atoms with Crippen molar-refractivity contribution in [3.63, 3.8) is 0 Å². The lowest BCUT2D eigenvalue weighted by atomic mass is 9.82. The van der Waals surface area contributed by atoms with Gasteiger partial charge in [-0.15, -0.1) is 0 Å². The second-order valence-electron chi connectivity index (χ2n) is 3.35. The molecule has 0 nitrogen and oxygen atoms in total. The van der Waals surface area contributed by atoms with Crippen LogP contribution in [0.4, 0.5) is 0 Å². The van der Waals surface area contributed by atoms with Crippen molar-refractivity contribution in [2.45, 2.75) is 27.7 Å². The molecule has 0 saturated heterocycles. The Morgan fingerprint density at radius 3 is 1.75 bits per heavy atom. The minimum absolute atomic E-state index is 0.328. The van der Waals surface area contributed by atoms with Crippen molar-refractivity contribution < 1.29 is 0 Å². The molecule has 0 aromatic heterocycles. The Kier molecular flexibility index (Phi) is 2.26. The topological polar surface area (TPSA) is 0 Å². The highest BCUT2D eigenvalue weighted by molar-refractivity contribution is 4.82. The lowest BCUT2D eigenvalue weighted by molar-refractivity contribution is 0.314. The van der Waals surface area contributed by atoms with E-state index in [1.54, 1.807) is 6.08 Å². The summed E-state index contributed by atoms with van der Waals surface area (Å²) in [6.45, 7) is 14.0. The molecular weight excluding hydrogens is 96.1 g/mol. The van der Waals surface area contributed by atoms with Gasteiger partial charge in [0.2, 0.25) is 0 Å². The van der Waals surface area contributed by atoms with E-state index in [0.29, 0.717) is 11.3 Å². The largest absolute Gasteiger partial charge is 0.0812 e. The van der Waals surface area contributed by atoms with Crippen LogP contribution in [0.3, 0.4) is 0 Å². The van der Waals surface area contributed by atoms with E-state index in [0.717, 1.165) is 0 Å². The van der Waals surface area contributed by atoms with Crippen LogP contribution in [0, 0.1) is 17.9 Å². The summed E-state index contributed by atoms with van der Waals surface area (Å²) in [5.41, 5.74) is 0.328. The average Bonchev–Trinajstić information content (AvgIpc) is 1.62. The summed E-state index contributed by atoms with van der Waals surface area (Å²) in [6, 6.07) is 0. The molecule has 1 radical (unpaired) electrons. The first-order chi connectivity index (χ1) is 3.48. The van der Waals surface area contributed by atoms with Crippen LogP contribution < -0.4 is 0 Å². The number of allylic oxidation sites excluding steroid dienone is 1. The molecular formula is C8H15. The van der Waals surface area contributed by atoms with E-state index < -0.39 is 0 Å². The third-order valence-corrected chi connectivity index (χ3v) is 1.65. The molecule has 0 heterocycles. The van der Waals surface area contributed by atoms with Gasteiger partial charge in [0.15, 0.2) is 0 Å². The van der Waals surface area contributed by atoms with Gasteiger partial charge in [0.25, 0.3) is 0 Å². The molecule has 0 aliphatic rings. The van der Waals surface area contributed by atoms with Gasteiger partial charge in [-0.3, -0.25) is 0 Å². The first kappa shape index (κ1) is 7.74. The SMILES string of the molecule is [CH]=CC(C)C(C)(C)C. The molecule has 0 fully saturated rings. The fraction of sp³-hybridized carbons (Fsp3) is 0.750. The van der Waals surface area contributed by atoms with Gasteiger partial charge in [-0.2, -0.15) is 0 Å². The molecule has 0 rings (SSSR count). The van der Waals surface area contributed by atoms with Crippen molar-refractivity contribution in [1.82, 2.24) is 0 Å². The Hall–Kier alpha value is -0.260. The van der Waals surface area contributed by atoms with Gasteiger partial charge in [0.05, 0.1) is 0 Å². The maximum absolute atomic E-state index is 5.33. The van der Waals surface area contributed by atoms with E-state index in [2.05, 4.69) is 27.7 Å². The predicted molar refractivity (Wildman–Crippen MR) is 37.5 cm³/mol. The summed E-state index contributed by atoms with van der Waals surface area (Å²) >= 11 is 0. The lowest BCUT2D eigenvalue weighted by Crippen LogP contribution is -2.14. The van der Waals surface area contributed by atoms with Crippen molar-refractivity contribution in [2.75, 3.05) is 0 Å². The molecule has 0 saturated carbocycles. The van der Waals surface area contributed by atoms with Gasteiger partial charge in [0, 0.05) is 0 Å². The van der Waals surface area contributed by atoms with Gasteiger partial charge in [-0.1, -0.05) is 40.3 Å². The molecule has 0 aromatic carbocycles. The Balaban J connectivity index is 3.80. The molecule has 47 valence electrons. The Bertz CT molecular complexity index is 74.5. The fourth-order valence-corrected chi connectivity index (χ4v) is 0.289. The number of rotatable bonds is 1. The van der Waals surface area contributed by atoms with Crippen LogP contribution in [0.5, 0.6) is 0 Å². The Morgan fingerprint density at radius 2 is 1.75 bits per heavy atom. The third-order valence-electron chi connectivity index (χ3n) is 1.65. The normalized spacial score (nSPS) is 15.5. The fourth-order valence-electron chi connectivity index (χ4n) is 0.289. The van der Waals surface area contributed by atoms with E-state index in [9.17, 15) is 0 Å². The number of hydrogen-bond acceptors (Lipinski definition) is 0. The zero-order valence-electron chi connectivity index (χ0n) is 6.23. The summed E-state index contributed by atoms with van der Waals surface area (Å²) < 4.78 is 0. The van der Waals surface area contributed by atoms with Crippen LogP contribution in [0.15, 0.2) is 6.08 Å². The van der Waals surface area contributed by atoms with E-state index in [1.165, 1.54) is 0 Å². The average molecular weight is 111 g/mol. The van der Waals surface area contributed by atoms with E-state index in [1.807, 2.05) is 0 Å². The van der Waals surface area contributed by atoms with Crippen LogP contribution in [0.1, 0.15) is 27.7 Å². The van der Waals surface area contributed by atoms with Crippen LogP contribution in [0.25, 0.3) is 0 Å². The first-order valence-corrected chi connectivity index (χ1v) is 3.03. The first-order valence-electron chi connectivity index (χ1n) is 3.03. The molecule has 0 aromatic rings. The third kappa shape index (κ3) is 2.15. The minimum atomic E-state index is 0.328. The standard InChI is InChI=1S/C8H15/c1-6-7(2)8(3,4)5/h1,6-7H,2-5H3. The number of hydrogen-bond donors (Lipinski definition) is 0. The summed E-state index contributed by atoms with van der Waals surface area (Å²) in [5, 5.41) is 0. The van der Waals surface area contributed by atoms with Crippen LogP contribution in [0.2, 0.25) is 0 Å². The van der Waals surface area contributed by atoms with Crippen molar-refractivity contribution in [2.24, 2.45) is 11.3 Å².